The number of carbonyl (C=O) groups excluding carboxylic acids is 5. The van der Waals surface area contributed by atoms with Crippen molar-refractivity contribution in [3.8, 4) is 22.3 Å². The molecule has 0 unspecified atom stereocenters. The Bertz CT molecular complexity index is 3740. The van der Waals surface area contributed by atoms with E-state index in [0.29, 0.717) is 63.2 Å². The summed E-state index contributed by atoms with van der Waals surface area (Å²) in [6.07, 6.45) is 6.58. The van der Waals surface area contributed by atoms with E-state index in [1.165, 1.54) is 14.2 Å². The molecule has 516 valence electrons. The van der Waals surface area contributed by atoms with E-state index in [-0.39, 0.29) is 68.2 Å². The highest BCUT2D eigenvalue weighted by molar-refractivity contribution is 6.40. The highest BCUT2D eigenvalue weighted by Gasteiger charge is 2.32. The van der Waals surface area contributed by atoms with Crippen LogP contribution in [-0.4, -0.2) is 150 Å². The molecule has 10 rings (SSSR count). The fourth-order valence-electron chi connectivity index (χ4n) is 12.3. The summed E-state index contributed by atoms with van der Waals surface area (Å²) in [7, 11) is 6.18. The number of halogens is 2. The molecule has 2 saturated heterocycles. The van der Waals surface area contributed by atoms with Gasteiger partial charge in [-0.25, -0.2) is 24.4 Å². The van der Waals surface area contributed by atoms with E-state index < -0.39 is 17.7 Å². The zero-order valence-corrected chi connectivity index (χ0v) is 56.7. The lowest BCUT2D eigenvalue weighted by Gasteiger charge is -2.34. The van der Waals surface area contributed by atoms with Gasteiger partial charge in [-0.05, 0) is 154 Å². The lowest BCUT2D eigenvalue weighted by molar-refractivity contribution is -0.133. The van der Waals surface area contributed by atoms with Gasteiger partial charge in [0.25, 0.3) is 0 Å². The van der Waals surface area contributed by atoms with Crippen molar-refractivity contribution < 1.29 is 47.7 Å². The molecule has 2 aromatic heterocycles. The van der Waals surface area contributed by atoms with Crippen molar-refractivity contribution in [3.05, 3.63) is 179 Å². The number of nitrogens with two attached hydrogens (primary N) is 1. The number of esters is 2. The second-order valence-electron chi connectivity index (χ2n) is 24.8. The number of rotatable bonds is 23. The number of aromatic nitrogens is 4. The predicted octanol–water partition coefficient (Wildman–Crippen LogP) is 14.6. The van der Waals surface area contributed by atoms with Crippen LogP contribution in [0, 0.1) is 0 Å². The monoisotopic (exact) mass is 1350 g/mol. The number of amides is 3. The standard InChI is InChI=1S/C39H48N4O6.C34H40N4O4.CH2Cl2.2CH4/c1-39(2,3)49-38(46)40-32(24-27-13-15-28(16-14-27)29-17-19-30(20-18-29)37(45)48-5)25-35(44)42-21-8-10-31(26-42)36-41-33-11-6-7-12-34(33)43(36)22-9-23-47-4;1-41-20-6-19-38-31-9-4-3-8-30(31)36-33(38)28-7-5-18-37(23-28)32(39)22-29(35)21-24-10-12-25(13-11-24)26-14-16-27(17-15-26)34(40)42-2;2-1-3;;/h6-7,11-20,31-32H,8-10,21-26H2,1-5H3,(H,40,46);3-4,8-17,28-29H,5-7,18-23,35H2,1-2H3;1H2;2*1H4/t31-,32-;28-,29-;;;/m11.../s1. The van der Waals surface area contributed by atoms with Crippen LogP contribution in [-0.2, 0) is 59.2 Å². The summed E-state index contributed by atoms with van der Waals surface area (Å²) in [5, 5.41) is 3.17. The third-order valence-electron chi connectivity index (χ3n) is 16.9. The number of hydrogen-bond acceptors (Lipinski definition) is 13. The highest BCUT2D eigenvalue weighted by Crippen LogP contribution is 2.33. The molecule has 18 nitrogen and oxygen atoms in total. The summed E-state index contributed by atoms with van der Waals surface area (Å²) in [4.78, 5) is 77.6. The van der Waals surface area contributed by atoms with Gasteiger partial charge in [0.15, 0.2) is 0 Å². The van der Waals surface area contributed by atoms with Gasteiger partial charge in [-0.3, -0.25) is 9.59 Å². The Morgan fingerprint density at radius 2 is 0.948 bits per heavy atom. The Hall–Kier alpha value is -8.13. The molecule has 3 amide bonds. The minimum atomic E-state index is -0.668. The molecule has 2 aliphatic rings. The minimum Gasteiger partial charge on any atom is -0.465 e. The zero-order valence-electron chi connectivity index (χ0n) is 55.2. The first-order valence-electron chi connectivity index (χ1n) is 32.3. The topological polar surface area (TPSA) is 212 Å². The van der Waals surface area contributed by atoms with Crippen LogP contribution in [0.3, 0.4) is 0 Å². The van der Waals surface area contributed by atoms with E-state index in [0.717, 1.165) is 125 Å². The molecule has 6 aromatic carbocycles. The van der Waals surface area contributed by atoms with E-state index >= 15 is 0 Å². The first-order valence-corrected chi connectivity index (χ1v) is 33.4. The lowest BCUT2D eigenvalue weighted by atomic mass is 9.95. The summed E-state index contributed by atoms with van der Waals surface area (Å²) >= 11 is 9.53. The highest BCUT2D eigenvalue weighted by atomic mass is 35.5. The molecule has 3 N–H and O–H groups in total. The fourth-order valence-corrected chi connectivity index (χ4v) is 12.3. The number of fused-ring (bicyclic) bond motifs is 2. The Labute approximate surface area is 577 Å². The smallest absolute Gasteiger partial charge is 0.407 e. The Kier molecular flexibility index (Phi) is 30.4. The number of piperidine rings is 2. The van der Waals surface area contributed by atoms with Crippen LogP contribution in [0.15, 0.2) is 146 Å². The number of alkyl carbamates (subject to hydrolysis) is 1. The number of carbonyl (C=O) groups is 5. The average molecular weight is 1350 g/mol. The molecule has 4 heterocycles. The molecule has 0 aliphatic carbocycles. The van der Waals surface area contributed by atoms with E-state index in [9.17, 15) is 24.0 Å². The van der Waals surface area contributed by atoms with Gasteiger partial charge in [0, 0.05) is 103 Å². The van der Waals surface area contributed by atoms with Gasteiger partial charge in [0.2, 0.25) is 11.8 Å². The van der Waals surface area contributed by atoms with E-state index in [1.807, 2.05) is 116 Å². The molecule has 4 atom stereocenters. The molecule has 2 aliphatic heterocycles. The molecule has 8 aromatic rings. The summed E-state index contributed by atoms with van der Waals surface area (Å²) in [6, 6.07) is 46.5. The molecule has 96 heavy (non-hydrogen) atoms. The quantitative estimate of drug-likeness (QED) is 0.0264. The number of nitrogens with zero attached hydrogens (tertiary/aromatic N) is 6. The van der Waals surface area contributed by atoms with E-state index in [2.05, 4.69) is 50.8 Å². The molecular weight excluding hydrogens is 1260 g/mol. The Morgan fingerprint density at radius 1 is 0.562 bits per heavy atom. The van der Waals surface area contributed by atoms with Crippen LogP contribution in [0.5, 0.6) is 0 Å². The number of nitrogens with one attached hydrogen (secondary N) is 1. The fraction of sp³-hybridized carbons (Fsp3) is 0.434. The molecule has 0 saturated carbocycles. The van der Waals surface area contributed by atoms with Crippen LogP contribution in [0.4, 0.5) is 4.79 Å². The second-order valence-corrected chi connectivity index (χ2v) is 25.6. The maximum absolute atomic E-state index is 13.9. The molecule has 2 fully saturated rings. The largest absolute Gasteiger partial charge is 0.465 e. The maximum Gasteiger partial charge on any atom is 0.407 e. The van der Waals surface area contributed by atoms with Crippen molar-refractivity contribution in [1.29, 1.82) is 0 Å². The van der Waals surface area contributed by atoms with Crippen molar-refractivity contribution >= 4 is 75.1 Å². The number of aryl methyl sites for hydroxylation is 2. The number of methoxy groups -OCH3 is 4. The molecule has 20 heteroatoms. The van der Waals surface area contributed by atoms with Crippen molar-refractivity contribution in [2.45, 2.75) is 142 Å². The minimum absolute atomic E-state index is 0. The maximum atomic E-state index is 13.9. The van der Waals surface area contributed by atoms with E-state index in [4.69, 9.17) is 62.6 Å². The normalized spacial score (nSPS) is 15.1. The third-order valence-corrected chi connectivity index (χ3v) is 16.9. The number of imidazole rings is 2. The van der Waals surface area contributed by atoms with Gasteiger partial charge in [-0.2, -0.15) is 0 Å². The van der Waals surface area contributed by atoms with Gasteiger partial charge in [-0.1, -0.05) is 112 Å². The number of likely N-dealkylation sites (tertiary alicyclic amines) is 2. The van der Waals surface area contributed by atoms with Gasteiger partial charge in [0.05, 0.1) is 52.8 Å². The Balaban J connectivity index is 0.000000289. The summed E-state index contributed by atoms with van der Waals surface area (Å²) in [5.74, 6) is 1.76. The van der Waals surface area contributed by atoms with Crippen LogP contribution in [0.25, 0.3) is 44.3 Å². The zero-order chi connectivity index (χ0) is 67.2. The SMILES string of the molecule is C.C.COCCCn1c([C@@H]2CCCN(C(=O)C[C@@H](Cc3ccc(-c4ccc(C(=O)OC)cc4)cc3)NC(=O)OC(C)(C)C)C2)nc2ccccc21.COCCCn1c([C@@H]2CCCN(C(=O)C[C@H](N)Cc3ccc(-c4ccc(C(=O)OC)cc4)cc3)C2)nc2ccccc21.ClCCl. The number of benzene rings is 6. The molecule has 0 spiro atoms. The number of hydrogen-bond donors (Lipinski definition) is 2. The van der Waals surface area contributed by atoms with Crippen LogP contribution in [0.2, 0.25) is 0 Å². The summed E-state index contributed by atoms with van der Waals surface area (Å²) < 4.78 is 30.4. The first-order chi connectivity index (χ1) is 45.4. The number of para-hydroxylation sites is 4. The molecular formula is C76H98Cl2N8O10. The van der Waals surface area contributed by atoms with Gasteiger partial charge in [0.1, 0.15) is 17.2 Å². The van der Waals surface area contributed by atoms with Crippen LogP contribution >= 0.6 is 23.2 Å². The summed E-state index contributed by atoms with van der Waals surface area (Å²) in [5.41, 5.74) is 17.1. The lowest BCUT2D eigenvalue weighted by Crippen LogP contribution is -2.46. The van der Waals surface area contributed by atoms with Crippen molar-refractivity contribution in [1.82, 2.24) is 34.2 Å². The number of ether oxygens (including phenoxy) is 5. The van der Waals surface area contributed by atoms with Gasteiger partial charge < -0.3 is 53.7 Å². The van der Waals surface area contributed by atoms with E-state index in [1.54, 1.807) is 38.5 Å². The van der Waals surface area contributed by atoms with Crippen molar-refractivity contribution in [2.75, 3.05) is 73.2 Å². The first kappa shape index (κ1) is 76.9. The summed E-state index contributed by atoms with van der Waals surface area (Å²) in [6.45, 7) is 11.1. The number of alkyl halides is 2. The van der Waals surface area contributed by atoms with Crippen LogP contribution in [0.1, 0.15) is 142 Å². The van der Waals surface area contributed by atoms with Gasteiger partial charge in [-0.15, -0.1) is 23.2 Å². The average Bonchev–Trinajstić information content (AvgIpc) is 1.64. The van der Waals surface area contributed by atoms with Gasteiger partial charge >= 0.3 is 18.0 Å². The second kappa shape index (κ2) is 38.0. The Morgan fingerprint density at radius 3 is 1.34 bits per heavy atom. The predicted molar refractivity (Wildman–Crippen MR) is 384 cm³/mol. The molecule has 0 radical (unpaired) electrons. The molecule has 0 bridgehead atoms. The van der Waals surface area contributed by atoms with Crippen LogP contribution < -0.4 is 11.1 Å². The van der Waals surface area contributed by atoms with Crippen molar-refractivity contribution in [3.63, 3.8) is 0 Å². The third kappa shape index (κ3) is 21.7. The van der Waals surface area contributed by atoms with Crippen molar-refractivity contribution in [2.24, 2.45) is 5.73 Å².